The molecular weight excluding hydrogens is 222 g/mol. The van der Waals surface area contributed by atoms with Gasteiger partial charge in [0.05, 0.1) is 6.61 Å². The predicted molar refractivity (Wildman–Crippen MR) is 63.3 cm³/mol. The molecule has 0 saturated heterocycles. The summed E-state index contributed by atoms with van der Waals surface area (Å²) in [6, 6.07) is 0.0842. The number of nitrogens with two attached hydrogens (primary N) is 1. The Morgan fingerprint density at radius 2 is 2.18 bits per heavy atom. The van der Waals surface area contributed by atoms with E-state index in [0.29, 0.717) is 0 Å². The van der Waals surface area contributed by atoms with Gasteiger partial charge in [0.1, 0.15) is 0 Å². The third-order valence-electron chi connectivity index (χ3n) is 2.69. The standard InChI is InChI=1S/C10H19N5O2/c1-3-7(4-2)15(5-6-16)9(17)8-12-10(11)14-13-8/h7,16H,3-6H2,1-2H3,(H3,11,12,13,14). The number of carbonyl (C=O) groups excluding carboxylic acids is 1. The molecule has 0 radical (unpaired) electrons. The Kier molecular flexibility index (Phi) is 4.89. The Balaban J connectivity index is 2.86. The zero-order valence-electron chi connectivity index (χ0n) is 10.2. The molecule has 1 amide bonds. The summed E-state index contributed by atoms with van der Waals surface area (Å²) in [5.74, 6) is -0.123. The fraction of sp³-hybridized carbons (Fsp3) is 0.700. The first-order valence-electron chi connectivity index (χ1n) is 5.73. The zero-order chi connectivity index (χ0) is 12.8. The molecule has 1 rings (SSSR count). The van der Waals surface area contributed by atoms with Gasteiger partial charge in [0, 0.05) is 12.6 Å². The van der Waals surface area contributed by atoms with Crippen molar-refractivity contribution < 1.29 is 9.90 Å². The molecule has 4 N–H and O–H groups in total. The smallest absolute Gasteiger partial charge is 0.291 e. The van der Waals surface area contributed by atoms with Crippen molar-refractivity contribution in [3.63, 3.8) is 0 Å². The molecular formula is C10H19N5O2. The summed E-state index contributed by atoms with van der Waals surface area (Å²) < 4.78 is 0. The number of aliphatic hydroxyl groups excluding tert-OH is 1. The Bertz CT molecular complexity index is 361. The zero-order valence-corrected chi connectivity index (χ0v) is 10.2. The topological polar surface area (TPSA) is 108 Å². The lowest BCUT2D eigenvalue weighted by molar-refractivity contribution is 0.0610. The number of hydrogen-bond donors (Lipinski definition) is 3. The van der Waals surface area contributed by atoms with Crippen molar-refractivity contribution in [3.8, 4) is 0 Å². The molecule has 0 aliphatic rings. The molecule has 1 aromatic rings. The average molecular weight is 241 g/mol. The Morgan fingerprint density at radius 1 is 1.53 bits per heavy atom. The van der Waals surface area contributed by atoms with E-state index in [-0.39, 0.29) is 36.9 Å². The molecule has 1 aromatic heterocycles. The molecule has 7 heteroatoms. The molecule has 1 heterocycles. The largest absolute Gasteiger partial charge is 0.395 e. The second-order valence-corrected chi connectivity index (χ2v) is 3.73. The number of nitrogen functional groups attached to an aromatic ring is 1. The van der Waals surface area contributed by atoms with Gasteiger partial charge in [-0.3, -0.25) is 9.89 Å². The highest BCUT2D eigenvalue weighted by molar-refractivity contribution is 5.90. The van der Waals surface area contributed by atoms with Gasteiger partial charge in [-0.15, -0.1) is 5.10 Å². The van der Waals surface area contributed by atoms with Gasteiger partial charge in [-0.2, -0.15) is 4.98 Å². The van der Waals surface area contributed by atoms with Crippen LogP contribution >= 0.6 is 0 Å². The molecule has 17 heavy (non-hydrogen) atoms. The summed E-state index contributed by atoms with van der Waals surface area (Å²) in [5, 5.41) is 15.1. The van der Waals surface area contributed by atoms with Crippen molar-refractivity contribution in [2.45, 2.75) is 32.7 Å². The van der Waals surface area contributed by atoms with Crippen LogP contribution in [0.4, 0.5) is 5.95 Å². The molecule has 0 spiro atoms. The number of amides is 1. The first-order chi connectivity index (χ1) is 8.13. The van der Waals surface area contributed by atoms with Crippen LogP contribution in [0.1, 0.15) is 37.3 Å². The van der Waals surface area contributed by atoms with E-state index in [2.05, 4.69) is 15.2 Å². The Labute approximate surface area is 100 Å². The predicted octanol–water partition coefficient (Wildman–Crippen LogP) is 0.01000. The normalized spacial score (nSPS) is 10.8. The summed E-state index contributed by atoms with van der Waals surface area (Å²) in [6.07, 6.45) is 1.65. The van der Waals surface area contributed by atoms with Gasteiger partial charge >= 0.3 is 0 Å². The van der Waals surface area contributed by atoms with Gasteiger partial charge in [-0.25, -0.2) is 0 Å². The fourth-order valence-electron chi connectivity index (χ4n) is 1.79. The number of aromatic nitrogens is 3. The van der Waals surface area contributed by atoms with Crippen LogP contribution in [0.15, 0.2) is 0 Å². The number of aliphatic hydroxyl groups is 1. The summed E-state index contributed by atoms with van der Waals surface area (Å²) in [6.45, 7) is 4.21. The minimum atomic E-state index is -0.281. The minimum Gasteiger partial charge on any atom is -0.395 e. The van der Waals surface area contributed by atoms with Crippen LogP contribution in [-0.4, -0.2) is 50.3 Å². The van der Waals surface area contributed by atoms with E-state index in [1.165, 1.54) is 0 Å². The fourth-order valence-corrected chi connectivity index (χ4v) is 1.79. The first kappa shape index (κ1) is 13.4. The molecule has 0 aliphatic carbocycles. The molecule has 0 fully saturated rings. The lowest BCUT2D eigenvalue weighted by atomic mass is 10.1. The molecule has 0 aliphatic heterocycles. The van der Waals surface area contributed by atoms with Crippen molar-refractivity contribution in [2.75, 3.05) is 18.9 Å². The van der Waals surface area contributed by atoms with Crippen LogP contribution in [0.25, 0.3) is 0 Å². The summed E-state index contributed by atoms with van der Waals surface area (Å²) in [4.78, 5) is 17.5. The molecule has 0 unspecified atom stereocenters. The van der Waals surface area contributed by atoms with Gasteiger partial charge in [-0.05, 0) is 12.8 Å². The molecule has 7 nitrogen and oxygen atoms in total. The van der Waals surface area contributed by atoms with E-state index in [1.807, 2.05) is 13.8 Å². The Morgan fingerprint density at radius 3 is 2.59 bits per heavy atom. The van der Waals surface area contributed by atoms with Crippen LogP contribution in [0.5, 0.6) is 0 Å². The van der Waals surface area contributed by atoms with E-state index in [9.17, 15) is 4.79 Å². The Hall–Kier alpha value is -1.63. The van der Waals surface area contributed by atoms with Crippen LogP contribution in [-0.2, 0) is 0 Å². The molecule has 0 saturated carbocycles. The number of hydrogen-bond acceptors (Lipinski definition) is 5. The van der Waals surface area contributed by atoms with Crippen molar-refractivity contribution in [3.05, 3.63) is 5.82 Å². The summed E-state index contributed by atoms with van der Waals surface area (Å²) in [5.41, 5.74) is 5.36. The van der Waals surface area contributed by atoms with Crippen molar-refractivity contribution >= 4 is 11.9 Å². The van der Waals surface area contributed by atoms with Gasteiger partial charge in [0.25, 0.3) is 5.91 Å². The molecule has 0 bridgehead atoms. The van der Waals surface area contributed by atoms with Gasteiger partial charge < -0.3 is 15.7 Å². The van der Waals surface area contributed by atoms with Gasteiger partial charge in [0.2, 0.25) is 11.8 Å². The van der Waals surface area contributed by atoms with Crippen molar-refractivity contribution in [2.24, 2.45) is 0 Å². The number of nitrogens with zero attached hydrogens (tertiary/aromatic N) is 3. The quantitative estimate of drug-likeness (QED) is 0.650. The van der Waals surface area contributed by atoms with E-state index in [0.717, 1.165) is 12.8 Å². The SMILES string of the molecule is CCC(CC)N(CCO)C(=O)c1nc(N)n[nH]1. The van der Waals surface area contributed by atoms with Crippen LogP contribution < -0.4 is 5.73 Å². The monoisotopic (exact) mass is 241 g/mol. The number of anilines is 1. The third kappa shape index (κ3) is 3.16. The third-order valence-corrected chi connectivity index (χ3v) is 2.69. The van der Waals surface area contributed by atoms with E-state index >= 15 is 0 Å². The van der Waals surface area contributed by atoms with Crippen LogP contribution in [0.2, 0.25) is 0 Å². The second-order valence-electron chi connectivity index (χ2n) is 3.73. The maximum Gasteiger partial charge on any atom is 0.291 e. The number of H-pyrrole nitrogens is 1. The average Bonchev–Trinajstić information content (AvgIpc) is 2.75. The maximum absolute atomic E-state index is 12.1. The minimum absolute atomic E-state index is 0.0434. The van der Waals surface area contributed by atoms with Crippen molar-refractivity contribution in [1.82, 2.24) is 20.1 Å². The number of rotatable bonds is 6. The lowest BCUT2D eigenvalue weighted by Crippen LogP contribution is -2.42. The van der Waals surface area contributed by atoms with Gasteiger partial charge in [-0.1, -0.05) is 13.8 Å². The molecule has 0 aromatic carbocycles. The first-order valence-corrected chi connectivity index (χ1v) is 5.73. The van der Waals surface area contributed by atoms with E-state index in [4.69, 9.17) is 10.8 Å². The van der Waals surface area contributed by atoms with Crippen LogP contribution in [0.3, 0.4) is 0 Å². The summed E-state index contributed by atoms with van der Waals surface area (Å²) >= 11 is 0. The second kappa shape index (κ2) is 6.19. The maximum atomic E-state index is 12.1. The molecule has 0 atom stereocenters. The van der Waals surface area contributed by atoms with Crippen LogP contribution in [0, 0.1) is 0 Å². The molecule has 96 valence electrons. The highest BCUT2D eigenvalue weighted by Crippen LogP contribution is 2.11. The van der Waals surface area contributed by atoms with E-state index in [1.54, 1.807) is 4.90 Å². The number of nitrogens with one attached hydrogen (secondary N) is 1. The highest BCUT2D eigenvalue weighted by Gasteiger charge is 2.24. The lowest BCUT2D eigenvalue weighted by Gasteiger charge is -2.29. The summed E-state index contributed by atoms with van der Waals surface area (Å²) in [7, 11) is 0. The van der Waals surface area contributed by atoms with E-state index < -0.39 is 0 Å². The van der Waals surface area contributed by atoms with Crippen molar-refractivity contribution in [1.29, 1.82) is 0 Å². The van der Waals surface area contributed by atoms with Gasteiger partial charge in [0.15, 0.2) is 0 Å². The highest BCUT2D eigenvalue weighted by atomic mass is 16.3. The number of aromatic amines is 1. The number of carbonyl (C=O) groups is 1.